The first kappa shape index (κ1) is 25.7. The predicted octanol–water partition coefficient (Wildman–Crippen LogP) is 5.05. The molecule has 0 atom stereocenters. The van der Waals surface area contributed by atoms with E-state index in [0.29, 0.717) is 52.8 Å². The van der Waals surface area contributed by atoms with Gasteiger partial charge in [0.05, 0.1) is 36.8 Å². The van der Waals surface area contributed by atoms with Crippen molar-refractivity contribution in [1.82, 2.24) is 19.5 Å². The summed E-state index contributed by atoms with van der Waals surface area (Å²) in [6.07, 6.45) is -3.60. The maximum atomic E-state index is 14.0. The Morgan fingerprint density at radius 1 is 0.974 bits per heavy atom. The molecule has 1 amide bonds. The molecule has 0 spiro atoms. The van der Waals surface area contributed by atoms with Crippen LogP contribution >= 0.6 is 11.6 Å². The molecule has 0 aliphatic carbocycles. The first-order valence-corrected chi connectivity index (χ1v) is 12.1. The minimum Gasteiger partial charge on any atom is -0.493 e. The maximum absolute atomic E-state index is 14.0. The molecule has 0 N–H and O–H groups in total. The van der Waals surface area contributed by atoms with Crippen LogP contribution < -0.4 is 14.4 Å². The zero-order valence-electron chi connectivity index (χ0n) is 20.5. The highest BCUT2D eigenvalue weighted by atomic mass is 35.5. The summed E-state index contributed by atoms with van der Waals surface area (Å²) >= 11 is 6.31. The number of hydrogen-bond donors (Lipinski definition) is 0. The van der Waals surface area contributed by atoms with E-state index < -0.39 is 17.8 Å². The third kappa shape index (κ3) is 4.69. The fourth-order valence-electron chi connectivity index (χ4n) is 4.49. The molecule has 1 aliphatic rings. The number of carbonyl (C=O) groups excluding carboxylic acids is 1. The maximum Gasteiger partial charge on any atom is 0.433 e. The number of halogens is 4. The van der Waals surface area contributed by atoms with Gasteiger partial charge < -0.3 is 19.3 Å². The second-order valence-corrected chi connectivity index (χ2v) is 9.03. The number of ether oxygens (including phenoxy) is 2. The minimum atomic E-state index is -4.74. The molecular formula is C26H23ClF3N5O3. The number of benzene rings is 2. The molecule has 198 valence electrons. The Hall–Kier alpha value is -3.99. The lowest BCUT2D eigenvalue weighted by Crippen LogP contribution is -2.48. The molecule has 0 radical (unpaired) electrons. The molecule has 8 nitrogen and oxygen atoms in total. The number of aromatic nitrogens is 3. The van der Waals surface area contributed by atoms with E-state index in [1.54, 1.807) is 23.1 Å². The van der Waals surface area contributed by atoms with Crippen LogP contribution in [0.2, 0.25) is 5.02 Å². The molecule has 1 saturated heterocycles. The quantitative estimate of drug-likeness (QED) is 0.350. The number of methoxy groups -OCH3 is 2. The second-order valence-electron chi connectivity index (χ2n) is 8.62. The predicted molar refractivity (Wildman–Crippen MR) is 136 cm³/mol. The van der Waals surface area contributed by atoms with E-state index in [0.717, 1.165) is 18.0 Å². The van der Waals surface area contributed by atoms with Gasteiger partial charge in [0.25, 0.3) is 5.91 Å². The minimum absolute atomic E-state index is 0.0102. The molecule has 3 heterocycles. The average molecular weight is 546 g/mol. The average Bonchev–Trinajstić information content (AvgIpc) is 3.35. The molecule has 1 aliphatic heterocycles. The number of piperazine rings is 1. The number of carbonyl (C=O) groups is 1. The van der Waals surface area contributed by atoms with Gasteiger partial charge in [0.1, 0.15) is 5.56 Å². The molecule has 4 aromatic rings. The molecule has 0 bridgehead atoms. The summed E-state index contributed by atoms with van der Waals surface area (Å²) in [6, 6.07) is 13.0. The standard InChI is InChI=1S/C26H23ClF3N5O3/c1-37-21-8-7-16(13-22(21)38-2)19-14-23(26(28,29)30)35-24(32-19)17(15-31-35)25(36)34-11-9-33(10-12-34)20-6-4-3-5-18(20)27/h3-8,13-15H,9-12H2,1-2H3. The largest absolute Gasteiger partial charge is 0.493 e. The summed E-state index contributed by atoms with van der Waals surface area (Å²) in [4.78, 5) is 21.5. The van der Waals surface area contributed by atoms with Gasteiger partial charge >= 0.3 is 6.18 Å². The van der Waals surface area contributed by atoms with Crippen LogP contribution in [0.25, 0.3) is 16.9 Å². The van der Waals surface area contributed by atoms with E-state index in [9.17, 15) is 18.0 Å². The van der Waals surface area contributed by atoms with Crippen molar-refractivity contribution in [2.24, 2.45) is 0 Å². The van der Waals surface area contributed by atoms with Crippen LogP contribution in [0.1, 0.15) is 16.1 Å². The van der Waals surface area contributed by atoms with E-state index in [1.165, 1.54) is 20.3 Å². The van der Waals surface area contributed by atoms with Gasteiger partial charge in [0, 0.05) is 31.7 Å². The molecule has 38 heavy (non-hydrogen) atoms. The number of nitrogens with zero attached hydrogens (tertiary/aromatic N) is 5. The normalized spacial score (nSPS) is 14.2. The van der Waals surface area contributed by atoms with Crippen molar-refractivity contribution in [3.8, 4) is 22.8 Å². The van der Waals surface area contributed by atoms with E-state index in [2.05, 4.69) is 15.0 Å². The van der Waals surface area contributed by atoms with Gasteiger partial charge in [-0.2, -0.15) is 18.3 Å². The topological polar surface area (TPSA) is 72.2 Å². The van der Waals surface area contributed by atoms with Gasteiger partial charge in [0.15, 0.2) is 22.8 Å². The zero-order valence-corrected chi connectivity index (χ0v) is 21.3. The SMILES string of the molecule is COc1ccc(-c2cc(C(F)(F)F)n3ncc(C(=O)N4CCN(c5ccccc5Cl)CC4)c3n2)cc1OC. The molecule has 1 fully saturated rings. The third-order valence-electron chi connectivity index (χ3n) is 6.43. The molecular weight excluding hydrogens is 523 g/mol. The lowest BCUT2D eigenvalue weighted by molar-refractivity contribution is -0.142. The van der Waals surface area contributed by atoms with Crippen molar-refractivity contribution in [1.29, 1.82) is 0 Å². The number of alkyl halides is 3. The van der Waals surface area contributed by atoms with E-state index in [4.69, 9.17) is 21.1 Å². The Morgan fingerprint density at radius 2 is 1.68 bits per heavy atom. The van der Waals surface area contributed by atoms with Crippen molar-refractivity contribution < 1.29 is 27.4 Å². The number of amides is 1. The highest BCUT2D eigenvalue weighted by Crippen LogP contribution is 2.36. The van der Waals surface area contributed by atoms with Crippen molar-refractivity contribution in [2.75, 3.05) is 45.3 Å². The molecule has 0 unspecified atom stereocenters. The Kier molecular flexibility index (Phi) is 6.78. The number of hydrogen-bond acceptors (Lipinski definition) is 6. The summed E-state index contributed by atoms with van der Waals surface area (Å²) in [5, 5.41) is 4.50. The van der Waals surface area contributed by atoms with Gasteiger partial charge in [-0.1, -0.05) is 23.7 Å². The monoisotopic (exact) mass is 545 g/mol. The van der Waals surface area contributed by atoms with Crippen LogP contribution in [0.4, 0.5) is 18.9 Å². The fourth-order valence-corrected chi connectivity index (χ4v) is 4.74. The van der Waals surface area contributed by atoms with Crippen molar-refractivity contribution in [2.45, 2.75) is 6.18 Å². The van der Waals surface area contributed by atoms with Crippen molar-refractivity contribution in [3.05, 3.63) is 71.0 Å². The van der Waals surface area contributed by atoms with Crippen LogP contribution in [0, 0.1) is 0 Å². The highest BCUT2D eigenvalue weighted by Gasteiger charge is 2.36. The molecule has 2 aromatic heterocycles. The van der Waals surface area contributed by atoms with Gasteiger partial charge in [-0.25, -0.2) is 9.50 Å². The van der Waals surface area contributed by atoms with Gasteiger partial charge in [-0.15, -0.1) is 0 Å². The first-order valence-electron chi connectivity index (χ1n) is 11.7. The number of para-hydroxylation sites is 1. The van der Waals surface area contributed by atoms with Gasteiger partial charge in [-0.3, -0.25) is 4.79 Å². The van der Waals surface area contributed by atoms with Crippen LogP contribution in [0.5, 0.6) is 11.5 Å². The van der Waals surface area contributed by atoms with E-state index in [-0.39, 0.29) is 16.9 Å². The van der Waals surface area contributed by atoms with Crippen LogP contribution in [-0.2, 0) is 6.18 Å². The summed E-state index contributed by atoms with van der Waals surface area (Å²) in [6.45, 7) is 1.77. The Balaban J connectivity index is 1.50. The summed E-state index contributed by atoms with van der Waals surface area (Å²) < 4.78 is 53.3. The summed E-state index contributed by atoms with van der Waals surface area (Å²) in [5.41, 5.74) is 0.0165. The lowest BCUT2D eigenvalue weighted by atomic mass is 10.1. The smallest absolute Gasteiger partial charge is 0.433 e. The van der Waals surface area contributed by atoms with E-state index in [1.807, 2.05) is 18.2 Å². The Bertz CT molecular complexity index is 1500. The molecule has 5 rings (SSSR count). The Morgan fingerprint density at radius 3 is 2.34 bits per heavy atom. The van der Waals surface area contributed by atoms with Gasteiger partial charge in [0.2, 0.25) is 0 Å². The van der Waals surface area contributed by atoms with Crippen LogP contribution in [0.15, 0.2) is 54.7 Å². The Labute approximate surface area is 221 Å². The van der Waals surface area contributed by atoms with E-state index >= 15 is 0 Å². The highest BCUT2D eigenvalue weighted by molar-refractivity contribution is 6.33. The number of rotatable bonds is 5. The molecule has 0 saturated carbocycles. The van der Waals surface area contributed by atoms with Crippen molar-refractivity contribution >= 4 is 28.8 Å². The summed E-state index contributed by atoms with van der Waals surface area (Å²) in [7, 11) is 2.89. The van der Waals surface area contributed by atoms with Crippen LogP contribution in [0.3, 0.4) is 0 Å². The second kappa shape index (κ2) is 10.1. The number of anilines is 1. The summed E-state index contributed by atoms with van der Waals surface area (Å²) in [5.74, 6) is 0.315. The molecule has 12 heteroatoms. The first-order chi connectivity index (χ1) is 18.2. The third-order valence-corrected chi connectivity index (χ3v) is 6.75. The fraction of sp³-hybridized carbons (Fsp3) is 0.269. The number of fused-ring (bicyclic) bond motifs is 1. The lowest BCUT2D eigenvalue weighted by Gasteiger charge is -2.36. The van der Waals surface area contributed by atoms with Gasteiger partial charge in [-0.05, 0) is 36.4 Å². The zero-order chi connectivity index (χ0) is 27.0. The van der Waals surface area contributed by atoms with Crippen molar-refractivity contribution in [3.63, 3.8) is 0 Å². The van der Waals surface area contributed by atoms with Crippen LogP contribution in [-0.4, -0.2) is 65.8 Å². The molecule has 2 aromatic carbocycles.